The highest BCUT2D eigenvalue weighted by Crippen LogP contribution is 2.47. The van der Waals surface area contributed by atoms with Crippen LogP contribution in [0.1, 0.15) is 57.2 Å². The van der Waals surface area contributed by atoms with E-state index in [4.69, 9.17) is 15.0 Å². The maximum absolute atomic E-state index is 9.47. The number of hydrogen-bond donors (Lipinski definition) is 0. The summed E-state index contributed by atoms with van der Waals surface area (Å²) in [6.45, 7) is 9.42. The van der Waals surface area contributed by atoms with Gasteiger partial charge in [0.1, 0.15) is 0 Å². The molecule has 1 aliphatic carbocycles. The van der Waals surface area contributed by atoms with Crippen LogP contribution >= 0.6 is 0 Å². The number of aromatic nitrogens is 3. The van der Waals surface area contributed by atoms with Crippen molar-refractivity contribution >= 4 is 21.5 Å². The van der Waals surface area contributed by atoms with Gasteiger partial charge in [-0.2, -0.15) is 5.26 Å². The number of nitriles is 1. The standard InChI is InChI=1S/C50H40N4/c1-49(2)27-28-50(3,4)43-30-37(25-26-42(43)49)48-53-46(34-13-6-5-7-14-34)52-47(54-48)36-16-12-15-35(29-36)45-40-19-10-8-17-38(40)44(39-18-9-11-20-41(39)45)33-23-21-32(31-51)22-24-33/h5-26,29-30H,27-28H2,1-4H3. The first-order valence-electron chi connectivity index (χ1n) is 18.7. The first kappa shape index (κ1) is 33.4. The van der Waals surface area contributed by atoms with Gasteiger partial charge in [-0.1, -0.05) is 149 Å². The molecule has 54 heavy (non-hydrogen) atoms. The zero-order chi connectivity index (χ0) is 37.0. The summed E-state index contributed by atoms with van der Waals surface area (Å²) >= 11 is 0. The monoisotopic (exact) mass is 696 g/mol. The number of rotatable bonds is 5. The van der Waals surface area contributed by atoms with E-state index in [9.17, 15) is 5.26 Å². The molecule has 0 spiro atoms. The number of nitrogens with zero attached hydrogens (tertiary/aromatic N) is 4. The van der Waals surface area contributed by atoms with E-state index in [0.717, 1.165) is 66.9 Å². The highest BCUT2D eigenvalue weighted by Gasteiger charge is 2.37. The van der Waals surface area contributed by atoms with Gasteiger partial charge in [0.15, 0.2) is 17.5 Å². The second-order valence-corrected chi connectivity index (χ2v) is 15.8. The van der Waals surface area contributed by atoms with Gasteiger partial charge in [-0.3, -0.25) is 0 Å². The van der Waals surface area contributed by atoms with Crippen LogP contribution in [0.15, 0.2) is 146 Å². The van der Waals surface area contributed by atoms with E-state index in [2.05, 4.69) is 149 Å². The second-order valence-electron chi connectivity index (χ2n) is 15.8. The second kappa shape index (κ2) is 12.9. The molecule has 0 atom stereocenters. The van der Waals surface area contributed by atoms with Crippen LogP contribution in [0.4, 0.5) is 0 Å². The molecule has 0 bridgehead atoms. The molecule has 1 aliphatic rings. The van der Waals surface area contributed by atoms with Crippen LogP contribution in [0.3, 0.4) is 0 Å². The van der Waals surface area contributed by atoms with Crippen LogP contribution in [0.2, 0.25) is 0 Å². The molecule has 260 valence electrons. The third-order valence-electron chi connectivity index (χ3n) is 11.4. The Hall–Kier alpha value is -6.44. The maximum atomic E-state index is 9.47. The van der Waals surface area contributed by atoms with E-state index in [-0.39, 0.29) is 10.8 Å². The van der Waals surface area contributed by atoms with E-state index >= 15 is 0 Å². The van der Waals surface area contributed by atoms with Gasteiger partial charge in [0.25, 0.3) is 0 Å². The molecule has 0 saturated carbocycles. The molecule has 0 aliphatic heterocycles. The number of hydrogen-bond acceptors (Lipinski definition) is 4. The Kier molecular flexibility index (Phi) is 7.98. The van der Waals surface area contributed by atoms with Crippen molar-refractivity contribution in [3.05, 3.63) is 162 Å². The third kappa shape index (κ3) is 5.74. The van der Waals surface area contributed by atoms with E-state index in [1.807, 2.05) is 30.3 Å². The first-order valence-corrected chi connectivity index (χ1v) is 18.7. The predicted molar refractivity (Wildman–Crippen MR) is 222 cm³/mol. The summed E-state index contributed by atoms with van der Waals surface area (Å²) in [5.74, 6) is 1.97. The summed E-state index contributed by atoms with van der Waals surface area (Å²) in [5.41, 5.74) is 11.0. The fraction of sp³-hybridized carbons (Fsp3) is 0.160. The Labute approximate surface area is 316 Å². The summed E-state index contributed by atoms with van der Waals surface area (Å²) in [5, 5.41) is 14.1. The van der Waals surface area contributed by atoms with Crippen molar-refractivity contribution in [1.29, 1.82) is 5.26 Å². The Balaban J connectivity index is 1.24. The largest absolute Gasteiger partial charge is 0.208 e. The Morgan fingerprint density at radius 3 is 1.44 bits per heavy atom. The van der Waals surface area contributed by atoms with Gasteiger partial charge in [0.05, 0.1) is 11.6 Å². The summed E-state index contributed by atoms with van der Waals surface area (Å²) in [7, 11) is 0. The zero-order valence-corrected chi connectivity index (χ0v) is 31.1. The lowest BCUT2D eigenvalue weighted by atomic mass is 9.63. The van der Waals surface area contributed by atoms with Crippen LogP contribution in [0.5, 0.6) is 0 Å². The zero-order valence-electron chi connectivity index (χ0n) is 31.1. The molecule has 0 unspecified atom stereocenters. The Bertz CT molecular complexity index is 2710. The van der Waals surface area contributed by atoms with E-state index in [1.165, 1.54) is 17.5 Å². The van der Waals surface area contributed by atoms with Crippen LogP contribution in [0.25, 0.3) is 78.0 Å². The van der Waals surface area contributed by atoms with Crippen LogP contribution in [0, 0.1) is 11.3 Å². The van der Waals surface area contributed by atoms with Crippen LogP contribution in [-0.4, -0.2) is 15.0 Å². The molecule has 1 aromatic heterocycles. The fourth-order valence-corrected chi connectivity index (χ4v) is 8.35. The molecule has 8 aromatic rings. The molecule has 1 heterocycles. The SMILES string of the molecule is CC1(C)CCC(C)(C)c2cc(-c3nc(-c4ccccc4)nc(-c4cccc(-c5c6ccccc6c(-c6ccc(C#N)cc6)c6ccccc56)c4)n3)ccc21. The highest BCUT2D eigenvalue weighted by molar-refractivity contribution is 6.21. The van der Waals surface area contributed by atoms with Crippen molar-refractivity contribution in [3.8, 4) is 62.5 Å². The van der Waals surface area contributed by atoms with Crippen molar-refractivity contribution in [2.24, 2.45) is 0 Å². The molecule has 4 nitrogen and oxygen atoms in total. The summed E-state index contributed by atoms with van der Waals surface area (Å²) in [6.07, 6.45) is 2.30. The van der Waals surface area contributed by atoms with E-state index in [1.54, 1.807) is 0 Å². The van der Waals surface area contributed by atoms with Gasteiger partial charge in [0.2, 0.25) is 0 Å². The minimum absolute atomic E-state index is 0.0640. The molecule has 9 rings (SSSR count). The van der Waals surface area contributed by atoms with Crippen molar-refractivity contribution in [1.82, 2.24) is 15.0 Å². The summed E-state index contributed by atoms with van der Waals surface area (Å²) < 4.78 is 0. The van der Waals surface area contributed by atoms with Gasteiger partial charge < -0.3 is 0 Å². The van der Waals surface area contributed by atoms with Crippen LogP contribution in [-0.2, 0) is 10.8 Å². The van der Waals surface area contributed by atoms with Gasteiger partial charge in [0, 0.05) is 16.7 Å². The predicted octanol–water partition coefficient (Wildman–Crippen LogP) is 12.7. The minimum Gasteiger partial charge on any atom is -0.208 e. The third-order valence-corrected chi connectivity index (χ3v) is 11.4. The smallest absolute Gasteiger partial charge is 0.164 e. The molecular formula is C50H40N4. The van der Waals surface area contributed by atoms with Gasteiger partial charge in [-0.15, -0.1) is 0 Å². The first-order chi connectivity index (χ1) is 26.2. The quantitative estimate of drug-likeness (QED) is 0.168. The topological polar surface area (TPSA) is 62.5 Å². The van der Waals surface area contributed by atoms with Gasteiger partial charge in [-0.25, -0.2) is 15.0 Å². The highest BCUT2D eigenvalue weighted by atomic mass is 15.0. The van der Waals surface area contributed by atoms with Gasteiger partial charge >= 0.3 is 0 Å². The van der Waals surface area contributed by atoms with Crippen molar-refractivity contribution in [2.45, 2.75) is 51.4 Å². The van der Waals surface area contributed by atoms with Gasteiger partial charge in [-0.05, 0) is 103 Å². The van der Waals surface area contributed by atoms with E-state index in [0.29, 0.717) is 23.0 Å². The molecule has 0 fully saturated rings. The lowest BCUT2D eigenvalue weighted by molar-refractivity contribution is 0.332. The lowest BCUT2D eigenvalue weighted by Gasteiger charge is -2.42. The molecule has 0 radical (unpaired) electrons. The number of benzene rings is 7. The summed E-state index contributed by atoms with van der Waals surface area (Å²) in [4.78, 5) is 15.4. The van der Waals surface area contributed by atoms with Crippen LogP contribution < -0.4 is 0 Å². The molecule has 0 saturated heterocycles. The summed E-state index contributed by atoms with van der Waals surface area (Å²) in [6, 6.07) is 53.1. The molecular weight excluding hydrogens is 657 g/mol. The van der Waals surface area contributed by atoms with Crippen molar-refractivity contribution in [2.75, 3.05) is 0 Å². The average molecular weight is 697 g/mol. The average Bonchev–Trinajstić information content (AvgIpc) is 3.22. The molecule has 0 N–H and O–H groups in total. The lowest BCUT2D eigenvalue weighted by Crippen LogP contribution is -2.33. The minimum atomic E-state index is 0.0640. The van der Waals surface area contributed by atoms with E-state index < -0.39 is 0 Å². The molecule has 0 amide bonds. The van der Waals surface area contributed by atoms with Crippen molar-refractivity contribution in [3.63, 3.8) is 0 Å². The van der Waals surface area contributed by atoms with Crippen molar-refractivity contribution < 1.29 is 0 Å². The molecule has 7 aromatic carbocycles. The normalized spacial score (nSPS) is 14.4. The Morgan fingerprint density at radius 1 is 0.426 bits per heavy atom. The maximum Gasteiger partial charge on any atom is 0.164 e. The number of fused-ring (bicyclic) bond motifs is 3. The molecule has 4 heteroatoms. The fourth-order valence-electron chi connectivity index (χ4n) is 8.35. The Morgan fingerprint density at radius 2 is 0.870 bits per heavy atom.